The molecule has 2 aromatic carbocycles. The molecular weight excluding hydrogens is 333 g/mol. The average molecular weight is 348 g/mol. The summed E-state index contributed by atoms with van der Waals surface area (Å²) in [6, 6.07) is 13.9. The summed E-state index contributed by atoms with van der Waals surface area (Å²) < 4.78 is 38.9. The highest BCUT2D eigenvalue weighted by atomic mass is 19.4. The third-order valence-corrected chi connectivity index (χ3v) is 3.99. The Morgan fingerprint density at radius 2 is 1.68 bits per heavy atom. The van der Waals surface area contributed by atoms with Gasteiger partial charge in [0, 0.05) is 17.7 Å². The van der Waals surface area contributed by atoms with Crippen molar-refractivity contribution in [3.63, 3.8) is 0 Å². The number of carbonyl (C=O) groups is 1. The van der Waals surface area contributed by atoms with E-state index >= 15 is 0 Å². The molecule has 0 radical (unpaired) electrons. The summed E-state index contributed by atoms with van der Waals surface area (Å²) in [5, 5.41) is 9.04. The summed E-state index contributed by atoms with van der Waals surface area (Å²) in [5.74, 6) is -0.420. The summed E-state index contributed by atoms with van der Waals surface area (Å²) in [5.41, 5.74) is 4.19. The van der Waals surface area contributed by atoms with Gasteiger partial charge in [0.05, 0.1) is 6.04 Å². The Morgan fingerprint density at radius 3 is 2.16 bits per heavy atom. The smallest absolute Gasteiger partial charge is 0.344 e. The first-order valence-corrected chi connectivity index (χ1v) is 7.54. The van der Waals surface area contributed by atoms with Crippen molar-refractivity contribution >= 4 is 5.91 Å². The van der Waals surface area contributed by atoms with E-state index in [-0.39, 0.29) is 23.7 Å². The van der Waals surface area contributed by atoms with Crippen molar-refractivity contribution in [2.75, 3.05) is 6.54 Å². The largest absolute Gasteiger partial charge is 0.442 e. The van der Waals surface area contributed by atoms with Crippen LogP contribution < -0.4 is 11.1 Å². The molecule has 3 rings (SSSR count). The molecule has 5 nitrogen and oxygen atoms in total. The van der Waals surface area contributed by atoms with Crippen LogP contribution in [-0.2, 0) is 5.66 Å². The van der Waals surface area contributed by atoms with E-state index in [9.17, 15) is 18.0 Å². The van der Waals surface area contributed by atoms with E-state index < -0.39 is 17.7 Å². The lowest BCUT2D eigenvalue weighted by atomic mass is 10.0. The molecule has 0 spiro atoms. The van der Waals surface area contributed by atoms with Gasteiger partial charge >= 0.3 is 11.8 Å². The van der Waals surface area contributed by atoms with Crippen LogP contribution in [0.3, 0.4) is 0 Å². The molecular formula is C17H15F3N4O. The van der Waals surface area contributed by atoms with Gasteiger partial charge in [-0.15, -0.1) is 10.2 Å². The molecule has 0 aromatic heterocycles. The summed E-state index contributed by atoms with van der Waals surface area (Å²) in [6.07, 6.45) is -4.59. The van der Waals surface area contributed by atoms with Gasteiger partial charge in [0.25, 0.3) is 5.91 Å². The molecule has 0 unspecified atom stereocenters. The minimum absolute atomic E-state index is 0.116. The zero-order chi connectivity index (χ0) is 18.1. The number of amides is 1. The van der Waals surface area contributed by atoms with Crippen LogP contribution in [0.1, 0.15) is 27.5 Å². The Labute approximate surface area is 141 Å². The van der Waals surface area contributed by atoms with E-state index in [1.54, 1.807) is 0 Å². The third kappa shape index (κ3) is 3.25. The van der Waals surface area contributed by atoms with Crippen molar-refractivity contribution in [1.29, 1.82) is 0 Å². The number of benzene rings is 2. The fraction of sp³-hybridized carbons (Fsp3) is 0.235. The second-order valence-corrected chi connectivity index (χ2v) is 5.62. The lowest BCUT2D eigenvalue weighted by Gasteiger charge is -2.18. The predicted octanol–water partition coefficient (Wildman–Crippen LogP) is 3.30. The molecule has 1 aliphatic heterocycles. The predicted molar refractivity (Wildman–Crippen MR) is 84.7 cm³/mol. The van der Waals surface area contributed by atoms with Crippen molar-refractivity contribution in [2.45, 2.75) is 17.9 Å². The van der Waals surface area contributed by atoms with Gasteiger partial charge in [-0.25, -0.2) is 0 Å². The van der Waals surface area contributed by atoms with Gasteiger partial charge in [-0.2, -0.15) is 13.2 Å². The number of nitrogens with two attached hydrogens (primary N) is 1. The zero-order valence-electron chi connectivity index (χ0n) is 13.0. The van der Waals surface area contributed by atoms with E-state index in [1.807, 2.05) is 30.3 Å². The molecule has 8 heteroatoms. The first kappa shape index (κ1) is 17.1. The molecule has 0 saturated carbocycles. The number of halogens is 3. The Morgan fingerprint density at radius 1 is 1.08 bits per heavy atom. The first-order chi connectivity index (χ1) is 11.9. The molecule has 0 bridgehead atoms. The summed E-state index contributed by atoms with van der Waals surface area (Å²) in [7, 11) is 0. The van der Waals surface area contributed by atoms with Crippen LogP contribution in [-0.4, -0.2) is 18.6 Å². The molecule has 1 amide bonds. The monoisotopic (exact) mass is 348 g/mol. The number of nitrogens with zero attached hydrogens (tertiary/aromatic N) is 2. The molecule has 25 heavy (non-hydrogen) atoms. The van der Waals surface area contributed by atoms with E-state index in [1.165, 1.54) is 24.3 Å². The van der Waals surface area contributed by atoms with Gasteiger partial charge in [0.1, 0.15) is 0 Å². The second kappa shape index (κ2) is 6.29. The number of hydrogen-bond acceptors (Lipinski definition) is 4. The minimum atomic E-state index is -4.59. The standard InChI is InChI=1S/C17H15F3N4O/c18-17(19,20)16(23-24-16)13-8-6-12(7-9-13)15(25)22-14(10-21)11-4-2-1-3-5-11/h1-9,14H,10,21H2,(H,22,25)/t14-/m0/s1. The molecule has 0 saturated heterocycles. The Kier molecular flexibility index (Phi) is 4.30. The Hall–Kier alpha value is -2.74. The average Bonchev–Trinajstić information content (AvgIpc) is 3.42. The number of rotatable bonds is 5. The van der Waals surface area contributed by atoms with Gasteiger partial charge in [-0.05, 0) is 17.7 Å². The molecule has 0 aliphatic carbocycles. The van der Waals surface area contributed by atoms with E-state index in [0.29, 0.717) is 0 Å². The van der Waals surface area contributed by atoms with Gasteiger partial charge in [-0.1, -0.05) is 42.5 Å². The summed E-state index contributed by atoms with van der Waals surface area (Å²) >= 11 is 0. The summed E-state index contributed by atoms with van der Waals surface area (Å²) in [6.45, 7) is 0.197. The molecule has 0 fully saturated rings. The highest BCUT2D eigenvalue weighted by Crippen LogP contribution is 2.52. The lowest BCUT2D eigenvalue weighted by molar-refractivity contribution is -0.166. The number of alkyl halides is 3. The van der Waals surface area contributed by atoms with Crippen LogP contribution in [0.5, 0.6) is 0 Å². The molecule has 1 atom stereocenters. The van der Waals surface area contributed by atoms with E-state index in [2.05, 4.69) is 15.5 Å². The minimum Gasteiger partial charge on any atom is -0.344 e. The molecule has 130 valence electrons. The van der Waals surface area contributed by atoms with Crippen molar-refractivity contribution in [2.24, 2.45) is 16.0 Å². The third-order valence-electron chi connectivity index (χ3n) is 3.99. The normalized spacial score (nSPS) is 16.3. The number of nitrogens with one attached hydrogen (secondary N) is 1. The topological polar surface area (TPSA) is 79.8 Å². The SMILES string of the molecule is NC[C@H](NC(=O)c1ccc(C2(C(F)(F)F)N=N2)cc1)c1ccccc1. The van der Waals surface area contributed by atoms with Gasteiger partial charge in [0.15, 0.2) is 0 Å². The highest BCUT2D eigenvalue weighted by molar-refractivity contribution is 5.94. The molecule has 3 N–H and O–H groups in total. The van der Waals surface area contributed by atoms with Crippen molar-refractivity contribution in [3.05, 3.63) is 71.3 Å². The van der Waals surface area contributed by atoms with Gasteiger partial charge < -0.3 is 11.1 Å². The van der Waals surface area contributed by atoms with Crippen LogP contribution in [0.25, 0.3) is 0 Å². The maximum absolute atomic E-state index is 13.0. The Balaban J connectivity index is 1.73. The fourth-order valence-electron chi connectivity index (χ4n) is 2.50. The van der Waals surface area contributed by atoms with Crippen LogP contribution >= 0.6 is 0 Å². The van der Waals surface area contributed by atoms with Crippen molar-refractivity contribution < 1.29 is 18.0 Å². The van der Waals surface area contributed by atoms with Crippen molar-refractivity contribution in [1.82, 2.24) is 5.32 Å². The maximum Gasteiger partial charge on any atom is 0.442 e. The zero-order valence-corrected chi connectivity index (χ0v) is 13.0. The van der Waals surface area contributed by atoms with Crippen molar-refractivity contribution in [3.8, 4) is 0 Å². The highest BCUT2D eigenvalue weighted by Gasteiger charge is 2.65. The van der Waals surface area contributed by atoms with Crippen LogP contribution in [0.4, 0.5) is 13.2 Å². The lowest BCUT2D eigenvalue weighted by Crippen LogP contribution is -2.33. The molecule has 1 aliphatic rings. The number of carbonyl (C=O) groups excluding carboxylic acids is 1. The quantitative estimate of drug-likeness (QED) is 0.869. The molecule has 2 aromatic rings. The number of hydrogen-bond donors (Lipinski definition) is 2. The van der Waals surface area contributed by atoms with Crippen LogP contribution in [0.15, 0.2) is 64.8 Å². The van der Waals surface area contributed by atoms with E-state index in [4.69, 9.17) is 5.73 Å². The molecule has 1 heterocycles. The maximum atomic E-state index is 13.0. The first-order valence-electron chi connectivity index (χ1n) is 7.54. The van der Waals surface area contributed by atoms with Gasteiger partial charge in [0.2, 0.25) is 0 Å². The van der Waals surface area contributed by atoms with Crippen LogP contribution in [0, 0.1) is 0 Å². The second-order valence-electron chi connectivity index (χ2n) is 5.62. The fourth-order valence-corrected chi connectivity index (χ4v) is 2.50. The Bertz CT molecular complexity index is 782. The van der Waals surface area contributed by atoms with E-state index in [0.717, 1.165) is 5.56 Å². The summed E-state index contributed by atoms with van der Waals surface area (Å²) in [4.78, 5) is 12.3. The van der Waals surface area contributed by atoms with Gasteiger partial charge in [-0.3, -0.25) is 4.79 Å². The van der Waals surface area contributed by atoms with Crippen LogP contribution in [0.2, 0.25) is 0 Å².